The van der Waals surface area contributed by atoms with Crippen LogP contribution in [0.25, 0.3) is 0 Å². The van der Waals surface area contributed by atoms with E-state index >= 15 is 0 Å². The Balaban J connectivity index is 2.22. The van der Waals surface area contributed by atoms with E-state index in [1.54, 1.807) is 0 Å². The van der Waals surface area contributed by atoms with E-state index < -0.39 is 0 Å². The minimum Gasteiger partial charge on any atom is -0.494 e. The molecule has 0 atom stereocenters. The summed E-state index contributed by atoms with van der Waals surface area (Å²) in [7, 11) is 0. The van der Waals surface area contributed by atoms with Crippen molar-refractivity contribution in [3.8, 4) is 17.6 Å². The number of benzene rings is 1. The van der Waals surface area contributed by atoms with E-state index in [4.69, 9.17) is 10.5 Å². The third-order valence-electron chi connectivity index (χ3n) is 2.94. The molecule has 0 bridgehead atoms. The molecule has 2 nitrogen and oxygen atoms in total. The van der Waals surface area contributed by atoms with Crippen LogP contribution in [0.15, 0.2) is 24.3 Å². The molecule has 1 aromatic carbocycles. The second kappa shape index (κ2) is 10.5. The van der Waals surface area contributed by atoms with Crippen molar-refractivity contribution in [2.24, 2.45) is 5.73 Å². The van der Waals surface area contributed by atoms with Crippen molar-refractivity contribution in [2.75, 3.05) is 13.2 Å². The van der Waals surface area contributed by atoms with Gasteiger partial charge in [-0.3, -0.25) is 0 Å². The van der Waals surface area contributed by atoms with E-state index in [1.807, 2.05) is 24.3 Å². The third-order valence-corrected chi connectivity index (χ3v) is 2.94. The van der Waals surface area contributed by atoms with Gasteiger partial charge in [0.15, 0.2) is 0 Å². The van der Waals surface area contributed by atoms with Gasteiger partial charge in [-0.15, -0.1) is 0 Å². The average molecular weight is 259 g/mol. The third kappa shape index (κ3) is 7.54. The summed E-state index contributed by atoms with van der Waals surface area (Å²) in [4.78, 5) is 0. The quantitative estimate of drug-likeness (QED) is 0.570. The molecule has 0 aliphatic carbocycles. The Bertz CT molecular complexity index is 403. The molecule has 19 heavy (non-hydrogen) atoms. The lowest BCUT2D eigenvalue weighted by atomic mass is 10.1. The first-order valence-electron chi connectivity index (χ1n) is 7.28. The first-order chi connectivity index (χ1) is 9.36. The van der Waals surface area contributed by atoms with Crippen LogP contribution >= 0.6 is 0 Å². The van der Waals surface area contributed by atoms with Gasteiger partial charge in [0.25, 0.3) is 0 Å². The van der Waals surface area contributed by atoms with Gasteiger partial charge in [-0.05, 0) is 24.6 Å². The molecule has 0 aromatic heterocycles. The lowest BCUT2D eigenvalue weighted by Gasteiger charge is -2.06. The highest BCUT2D eigenvalue weighted by Crippen LogP contribution is 2.13. The minimum absolute atomic E-state index is 0.392. The number of hydrogen-bond acceptors (Lipinski definition) is 2. The maximum absolute atomic E-state index is 5.73. The molecule has 104 valence electrons. The number of hydrogen-bond donors (Lipinski definition) is 1. The van der Waals surface area contributed by atoms with Crippen LogP contribution in [0.1, 0.15) is 51.0 Å². The van der Waals surface area contributed by atoms with Crippen LogP contribution in [0.3, 0.4) is 0 Å². The summed E-state index contributed by atoms with van der Waals surface area (Å²) in [6, 6.07) is 7.89. The summed E-state index contributed by atoms with van der Waals surface area (Å²) in [5.41, 5.74) is 6.32. The highest BCUT2D eigenvalue weighted by molar-refractivity contribution is 5.39. The van der Waals surface area contributed by atoms with E-state index in [0.29, 0.717) is 6.54 Å². The monoisotopic (exact) mass is 259 g/mol. The van der Waals surface area contributed by atoms with Gasteiger partial charge < -0.3 is 10.5 Å². The molecule has 0 saturated heterocycles. The predicted molar refractivity (Wildman–Crippen MR) is 81.2 cm³/mol. The fourth-order valence-corrected chi connectivity index (χ4v) is 1.89. The van der Waals surface area contributed by atoms with Crippen molar-refractivity contribution in [3.63, 3.8) is 0 Å². The zero-order valence-electron chi connectivity index (χ0n) is 12.0. The lowest BCUT2D eigenvalue weighted by Crippen LogP contribution is -1.97. The summed E-state index contributed by atoms with van der Waals surface area (Å²) >= 11 is 0. The van der Waals surface area contributed by atoms with Crippen molar-refractivity contribution >= 4 is 0 Å². The van der Waals surface area contributed by atoms with Gasteiger partial charge >= 0.3 is 0 Å². The van der Waals surface area contributed by atoms with E-state index in [2.05, 4.69) is 18.8 Å². The van der Waals surface area contributed by atoms with Crippen molar-refractivity contribution < 1.29 is 4.74 Å². The topological polar surface area (TPSA) is 35.2 Å². The number of unbranched alkanes of at least 4 members (excludes halogenated alkanes) is 5. The summed E-state index contributed by atoms with van der Waals surface area (Å²) in [5.74, 6) is 6.76. The van der Waals surface area contributed by atoms with Crippen LogP contribution in [0.5, 0.6) is 5.75 Å². The van der Waals surface area contributed by atoms with Crippen molar-refractivity contribution in [2.45, 2.75) is 45.4 Å². The molecule has 0 amide bonds. The molecule has 0 spiro atoms. The number of ether oxygens (including phenoxy) is 1. The Morgan fingerprint density at radius 1 is 1.11 bits per heavy atom. The molecule has 0 fully saturated rings. The fourth-order valence-electron chi connectivity index (χ4n) is 1.89. The van der Waals surface area contributed by atoms with Crippen molar-refractivity contribution in [1.29, 1.82) is 0 Å². The van der Waals surface area contributed by atoms with E-state index in [1.165, 1.54) is 32.1 Å². The second-order valence-electron chi connectivity index (χ2n) is 4.65. The van der Waals surface area contributed by atoms with Gasteiger partial charge in [0.2, 0.25) is 0 Å². The molecule has 0 unspecified atom stereocenters. The van der Waals surface area contributed by atoms with Crippen LogP contribution in [0.2, 0.25) is 0 Å². The van der Waals surface area contributed by atoms with E-state index in [9.17, 15) is 0 Å². The Kier molecular flexibility index (Phi) is 8.59. The maximum Gasteiger partial charge on any atom is 0.120 e. The van der Waals surface area contributed by atoms with Gasteiger partial charge in [-0.2, -0.15) is 0 Å². The molecule has 2 N–H and O–H groups in total. The standard InChI is InChI=1S/C17H25NO/c1-2-3-4-5-6-7-14-19-17-12-8-10-16(15-17)11-9-13-18/h8,10,12,15H,2-7,13-14,18H2,1H3. The Morgan fingerprint density at radius 2 is 1.89 bits per heavy atom. The van der Waals surface area contributed by atoms with E-state index in [-0.39, 0.29) is 0 Å². The maximum atomic E-state index is 5.73. The van der Waals surface area contributed by atoms with Crippen LogP contribution in [-0.4, -0.2) is 13.2 Å². The SMILES string of the molecule is CCCCCCCCOc1cccc(C#CCN)c1. The molecule has 0 radical (unpaired) electrons. The molecular weight excluding hydrogens is 234 g/mol. The Morgan fingerprint density at radius 3 is 2.68 bits per heavy atom. The first-order valence-corrected chi connectivity index (χ1v) is 7.28. The molecule has 1 aromatic rings. The molecule has 0 aliphatic heterocycles. The van der Waals surface area contributed by atoms with Crippen LogP contribution in [0.4, 0.5) is 0 Å². The first kappa shape index (κ1) is 15.6. The van der Waals surface area contributed by atoms with Crippen LogP contribution in [-0.2, 0) is 0 Å². The van der Waals surface area contributed by atoms with Gasteiger partial charge in [0, 0.05) is 5.56 Å². The molecule has 0 saturated carbocycles. The fraction of sp³-hybridized carbons (Fsp3) is 0.529. The summed E-state index contributed by atoms with van der Waals surface area (Å²) in [6.45, 7) is 3.42. The molecule has 1 rings (SSSR count). The summed E-state index contributed by atoms with van der Waals surface area (Å²) in [6.07, 6.45) is 7.70. The van der Waals surface area contributed by atoms with E-state index in [0.717, 1.165) is 24.3 Å². The Hall–Kier alpha value is -1.46. The van der Waals surface area contributed by atoms with Gasteiger partial charge in [0.05, 0.1) is 13.2 Å². The largest absolute Gasteiger partial charge is 0.494 e. The predicted octanol–water partition coefficient (Wildman–Crippen LogP) is 3.74. The van der Waals surface area contributed by atoms with Crippen molar-refractivity contribution in [1.82, 2.24) is 0 Å². The van der Waals surface area contributed by atoms with Gasteiger partial charge in [-0.1, -0.05) is 56.9 Å². The van der Waals surface area contributed by atoms with Crippen LogP contribution < -0.4 is 10.5 Å². The Labute approximate surface area is 117 Å². The zero-order chi connectivity index (χ0) is 13.8. The highest BCUT2D eigenvalue weighted by atomic mass is 16.5. The normalized spacial score (nSPS) is 9.79. The number of nitrogens with two attached hydrogens (primary N) is 1. The smallest absolute Gasteiger partial charge is 0.120 e. The van der Waals surface area contributed by atoms with Gasteiger partial charge in [0.1, 0.15) is 5.75 Å². The average Bonchev–Trinajstić information content (AvgIpc) is 2.44. The minimum atomic E-state index is 0.392. The second-order valence-corrected chi connectivity index (χ2v) is 4.65. The lowest BCUT2D eigenvalue weighted by molar-refractivity contribution is 0.304. The highest BCUT2D eigenvalue weighted by Gasteiger charge is 1.95. The summed E-state index contributed by atoms with van der Waals surface area (Å²) in [5, 5.41) is 0. The molecule has 2 heteroatoms. The molecule has 0 heterocycles. The molecular formula is C17H25NO. The number of rotatable bonds is 8. The van der Waals surface area contributed by atoms with Crippen molar-refractivity contribution in [3.05, 3.63) is 29.8 Å². The summed E-state index contributed by atoms with van der Waals surface area (Å²) < 4.78 is 5.73. The zero-order valence-corrected chi connectivity index (χ0v) is 12.0. The van der Waals surface area contributed by atoms with Gasteiger partial charge in [-0.25, -0.2) is 0 Å². The molecule has 0 aliphatic rings. The van der Waals surface area contributed by atoms with Crippen LogP contribution in [0, 0.1) is 11.8 Å².